The fraction of sp³-hybridized carbons (Fsp3) is 0.931. The fourth-order valence-electron chi connectivity index (χ4n) is 6.95. The van der Waals surface area contributed by atoms with Gasteiger partial charge in [0.1, 0.15) is 0 Å². The lowest BCUT2D eigenvalue weighted by atomic mass is 9.82. The summed E-state index contributed by atoms with van der Waals surface area (Å²) >= 11 is 0. The van der Waals surface area contributed by atoms with Gasteiger partial charge in [0, 0.05) is 12.8 Å². The normalized spacial score (nSPS) is 39.4. The van der Waals surface area contributed by atoms with Gasteiger partial charge in [0.25, 0.3) is 0 Å². The molecule has 2 bridgehead atoms. The average molecular weight is 497 g/mol. The van der Waals surface area contributed by atoms with Crippen LogP contribution < -0.4 is 0 Å². The summed E-state index contributed by atoms with van der Waals surface area (Å²) in [6.07, 6.45) is 8.64. The molecule has 34 heavy (non-hydrogen) atoms. The van der Waals surface area contributed by atoms with Crippen molar-refractivity contribution in [1.82, 2.24) is 0 Å². The molecule has 1 saturated heterocycles. The van der Waals surface area contributed by atoms with Crippen LogP contribution in [-0.4, -0.2) is 47.5 Å². The molecule has 0 aromatic carbocycles. The molecule has 4 nitrogen and oxygen atoms in total. The number of rotatable bonds is 6. The van der Waals surface area contributed by atoms with Crippen molar-refractivity contribution < 1.29 is 19.4 Å². The lowest BCUT2D eigenvalue weighted by Crippen LogP contribution is -2.52. The van der Waals surface area contributed by atoms with Crippen LogP contribution in [-0.2, 0) is 9.16 Å². The van der Waals surface area contributed by atoms with E-state index in [1.165, 1.54) is 0 Å². The monoisotopic (exact) mass is 496 g/mol. The molecule has 0 aromatic rings. The molecule has 0 aromatic heterocycles. The summed E-state index contributed by atoms with van der Waals surface area (Å²) in [7, 11) is -2.14. The molecule has 0 saturated carbocycles. The van der Waals surface area contributed by atoms with Gasteiger partial charge >= 0.3 is 0 Å². The molecule has 200 valence electrons. The minimum absolute atomic E-state index is 0.0922. The second-order valence-electron chi connectivity index (χ2n) is 13.6. The Balaban J connectivity index is 2.50. The predicted octanol–water partition coefficient (Wildman–Crippen LogP) is 7.39. The Bertz CT molecular complexity index is 660. The molecule has 2 heterocycles. The highest BCUT2D eigenvalue weighted by atomic mass is 28.4. The van der Waals surface area contributed by atoms with Crippen LogP contribution in [0, 0.1) is 11.8 Å². The molecule has 2 aliphatic heterocycles. The molecule has 0 unspecified atom stereocenters. The number of hydrogen-bond acceptors (Lipinski definition) is 4. The Hall–Kier alpha value is -0.203. The van der Waals surface area contributed by atoms with Crippen molar-refractivity contribution in [2.45, 2.75) is 160 Å². The number of ether oxygens (including phenoxy) is 1. The molecule has 5 heteroatoms. The SMILES string of the molecule is CC(C)[C@H]1/C=C/[C@](C)(O)C[C@@H](O[Si](C(C)C)(C(C)C)C(C)C)C[C@]2(C)CC[C@H](O2)[C@@](C)(O)CC1. The smallest absolute Gasteiger partial charge is 0.200 e. The van der Waals surface area contributed by atoms with Gasteiger partial charge in [-0.1, -0.05) is 67.5 Å². The summed E-state index contributed by atoms with van der Waals surface area (Å²) in [5, 5.41) is 22.9. The van der Waals surface area contributed by atoms with Gasteiger partial charge in [0.2, 0.25) is 8.32 Å². The quantitative estimate of drug-likeness (QED) is 0.297. The van der Waals surface area contributed by atoms with E-state index in [1.54, 1.807) is 0 Å². The minimum atomic E-state index is -2.14. The summed E-state index contributed by atoms with van der Waals surface area (Å²) in [4.78, 5) is 0. The molecule has 0 radical (unpaired) electrons. The summed E-state index contributed by atoms with van der Waals surface area (Å²) < 4.78 is 13.9. The standard InChI is InChI=1S/C29H56O4Si/c1-20(2)24-12-15-27(9,30)18-25(33-34(21(3)4,22(5)6)23(7)8)19-28(10)16-14-26(32-28)29(11,31)17-13-24/h12,15,20-26,30-31H,13-14,16-19H2,1-11H3/b15-12+/t24-,25+,26-,27-,28-,29-/m0/s1. The highest BCUT2D eigenvalue weighted by Gasteiger charge is 2.50. The van der Waals surface area contributed by atoms with Crippen LogP contribution in [0.4, 0.5) is 0 Å². The van der Waals surface area contributed by atoms with Crippen LogP contribution in [0.15, 0.2) is 12.2 Å². The van der Waals surface area contributed by atoms with Crippen molar-refractivity contribution in [3.8, 4) is 0 Å². The number of hydrogen-bond donors (Lipinski definition) is 2. The lowest BCUT2D eigenvalue weighted by Gasteiger charge is -2.46. The Morgan fingerprint density at radius 2 is 1.41 bits per heavy atom. The minimum Gasteiger partial charge on any atom is -0.413 e. The molecule has 0 amide bonds. The van der Waals surface area contributed by atoms with Gasteiger partial charge in [-0.05, 0) is 74.9 Å². The Labute approximate surface area is 212 Å². The van der Waals surface area contributed by atoms with E-state index in [2.05, 4.69) is 68.4 Å². The average Bonchev–Trinajstić information content (AvgIpc) is 3.06. The molecule has 2 aliphatic rings. The Kier molecular flexibility index (Phi) is 9.75. The van der Waals surface area contributed by atoms with Crippen LogP contribution in [0.25, 0.3) is 0 Å². The first-order valence-electron chi connectivity index (χ1n) is 13.9. The number of allylic oxidation sites excluding steroid dienone is 1. The van der Waals surface area contributed by atoms with Crippen LogP contribution in [0.1, 0.15) is 115 Å². The van der Waals surface area contributed by atoms with Gasteiger partial charge < -0.3 is 19.4 Å². The van der Waals surface area contributed by atoms with Crippen molar-refractivity contribution in [2.75, 3.05) is 0 Å². The van der Waals surface area contributed by atoms with E-state index in [9.17, 15) is 10.2 Å². The first kappa shape index (κ1) is 30.0. The largest absolute Gasteiger partial charge is 0.413 e. The number of aliphatic hydroxyl groups is 2. The zero-order chi connectivity index (χ0) is 26.1. The molecule has 2 rings (SSSR count). The molecule has 0 aliphatic carbocycles. The highest BCUT2D eigenvalue weighted by molar-refractivity contribution is 6.77. The Morgan fingerprint density at radius 1 is 0.853 bits per heavy atom. The van der Waals surface area contributed by atoms with Crippen LogP contribution in [0.5, 0.6) is 0 Å². The van der Waals surface area contributed by atoms with Gasteiger partial charge in [-0.3, -0.25) is 0 Å². The van der Waals surface area contributed by atoms with E-state index in [4.69, 9.17) is 9.16 Å². The lowest BCUT2D eigenvalue weighted by molar-refractivity contribution is -0.138. The maximum atomic E-state index is 11.5. The van der Waals surface area contributed by atoms with Gasteiger partial charge in [-0.15, -0.1) is 0 Å². The molecule has 1 fully saturated rings. The van der Waals surface area contributed by atoms with Gasteiger partial charge in [0.15, 0.2) is 0 Å². The van der Waals surface area contributed by atoms with E-state index in [0.717, 1.165) is 25.7 Å². The summed E-state index contributed by atoms with van der Waals surface area (Å²) in [5.41, 5.74) is -0.711. The van der Waals surface area contributed by atoms with Crippen molar-refractivity contribution in [3.63, 3.8) is 0 Å². The first-order chi connectivity index (χ1) is 15.4. The molecule has 0 spiro atoms. The van der Waals surface area contributed by atoms with Crippen LogP contribution >= 0.6 is 0 Å². The predicted molar refractivity (Wildman–Crippen MR) is 146 cm³/mol. The van der Waals surface area contributed by atoms with E-state index in [1.807, 2.05) is 19.9 Å². The summed E-state index contributed by atoms with van der Waals surface area (Å²) in [5.74, 6) is 0.749. The topological polar surface area (TPSA) is 58.9 Å². The fourth-order valence-corrected chi connectivity index (χ4v) is 12.5. The van der Waals surface area contributed by atoms with E-state index in [0.29, 0.717) is 41.3 Å². The second kappa shape index (κ2) is 11.0. The van der Waals surface area contributed by atoms with Crippen LogP contribution in [0.3, 0.4) is 0 Å². The van der Waals surface area contributed by atoms with Gasteiger partial charge in [-0.25, -0.2) is 0 Å². The molecule has 2 N–H and O–H groups in total. The third-order valence-corrected chi connectivity index (χ3v) is 15.1. The zero-order valence-electron chi connectivity index (χ0n) is 24.1. The molecular formula is C29H56O4Si. The van der Waals surface area contributed by atoms with E-state index < -0.39 is 19.5 Å². The zero-order valence-corrected chi connectivity index (χ0v) is 25.1. The van der Waals surface area contributed by atoms with Crippen molar-refractivity contribution in [3.05, 3.63) is 12.2 Å². The first-order valence-corrected chi connectivity index (χ1v) is 16.1. The van der Waals surface area contributed by atoms with Crippen molar-refractivity contribution in [1.29, 1.82) is 0 Å². The van der Waals surface area contributed by atoms with Crippen molar-refractivity contribution >= 4 is 8.32 Å². The van der Waals surface area contributed by atoms with E-state index in [-0.39, 0.29) is 17.8 Å². The summed E-state index contributed by atoms with van der Waals surface area (Å²) in [6, 6.07) is 0. The third-order valence-electron chi connectivity index (χ3n) is 8.98. The second-order valence-corrected chi connectivity index (χ2v) is 19.0. The van der Waals surface area contributed by atoms with Crippen molar-refractivity contribution in [2.24, 2.45) is 11.8 Å². The third kappa shape index (κ3) is 6.97. The molecule has 6 atom stereocenters. The number of fused-ring (bicyclic) bond motifs is 2. The maximum absolute atomic E-state index is 11.5. The Morgan fingerprint density at radius 3 is 1.91 bits per heavy atom. The maximum Gasteiger partial charge on any atom is 0.200 e. The summed E-state index contributed by atoms with van der Waals surface area (Å²) in [6.45, 7) is 24.4. The van der Waals surface area contributed by atoms with Gasteiger partial charge in [0.05, 0.1) is 29.0 Å². The van der Waals surface area contributed by atoms with E-state index >= 15 is 0 Å². The highest BCUT2D eigenvalue weighted by Crippen LogP contribution is 2.47. The van der Waals surface area contributed by atoms with Crippen LogP contribution in [0.2, 0.25) is 16.6 Å². The molecular weight excluding hydrogens is 440 g/mol. The van der Waals surface area contributed by atoms with Gasteiger partial charge in [-0.2, -0.15) is 0 Å².